The minimum absolute atomic E-state index is 0.284. The summed E-state index contributed by atoms with van der Waals surface area (Å²) >= 11 is 6.14. The largest absolute Gasteiger partial charge is 0.370 e. The zero-order valence-corrected chi connectivity index (χ0v) is 18.2. The molecule has 0 unspecified atom stereocenters. The first kappa shape index (κ1) is 21.2. The van der Waals surface area contributed by atoms with Crippen LogP contribution < -0.4 is 10.6 Å². The van der Waals surface area contributed by atoms with Crippen LogP contribution in [0.5, 0.6) is 0 Å². The minimum atomic E-state index is -0.446. The van der Waals surface area contributed by atoms with Crippen LogP contribution >= 0.6 is 11.6 Å². The number of aromatic nitrogens is 4. The lowest BCUT2D eigenvalue weighted by Crippen LogP contribution is -2.21. The summed E-state index contributed by atoms with van der Waals surface area (Å²) in [6, 6.07) is 9.95. The van der Waals surface area contributed by atoms with Crippen LogP contribution in [0.1, 0.15) is 25.0 Å². The molecule has 3 heterocycles. The number of nitrogens with zero attached hydrogens (tertiary/aromatic N) is 3. The second-order valence-corrected chi connectivity index (χ2v) is 8.08. The van der Waals surface area contributed by atoms with Crippen molar-refractivity contribution in [2.45, 2.75) is 32.9 Å². The van der Waals surface area contributed by atoms with Gasteiger partial charge in [-0.2, -0.15) is 0 Å². The van der Waals surface area contributed by atoms with E-state index in [0.29, 0.717) is 29.8 Å². The maximum absolute atomic E-state index is 13.5. The van der Waals surface area contributed by atoms with Gasteiger partial charge in [0.2, 0.25) is 0 Å². The quantitative estimate of drug-likeness (QED) is 0.339. The molecule has 0 atom stereocenters. The first-order valence-electron chi connectivity index (χ1n) is 10.2. The summed E-state index contributed by atoms with van der Waals surface area (Å²) in [6.07, 6.45) is 5.50. The average molecular weight is 439 g/mol. The van der Waals surface area contributed by atoms with Crippen LogP contribution in [0.2, 0.25) is 5.15 Å². The number of fused-ring (bicyclic) bond motifs is 1. The molecule has 0 aliphatic rings. The molecule has 8 heteroatoms. The standard InChI is InChI=1S/C23H24ClFN6/c1-14(2)28-10-15-3-4-19-16(12-29-20(19)7-15)5-6-27-22-9-21(24)30-23(31-22)17-8-18(25)13-26-11-17/h3-4,7-9,11-14,28-29H,5-6,10H2,1-2H3,(H,27,30,31). The van der Waals surface area contributed by atoms with Gasteiger partial charge < -0.3 is 15.6 Å². The SMILES string of the molecule is CC(C)NCc1ccc2c(CCNc3cc(Cl)nc(-c4cncc(F)c4)n3)c[nH]c2c1. The van der Waals surface area contributed by atoms with Crippen LogP contribution in [-0.2, 0) is 13.0 Å². The minimum Gasteiger partial charge on any atom is -0.370 e. The summed E-state index contributed by atoms with van der Waals surface area (Å²) in [6.45, 7) is 5.79. The fraction of sp³-hybridized carbons (Fsp3) is 0.261. The Kier molecular flexibility index (Phi) is 6.44. The Bertz CT molecular complexity index is 1190. The molecule has 160 valence electrons. The second-order valence-electron chi connectivity index (χ2n) is 7.70. The summed E-state index contributed by atoms with van der Waals surface area (Å²) in [7, 11) is 0. The van der Waals surface area contributed by atoms with E-state index < -0.39 is 5.82 Å². The summed E-state index contributed by atoms with van der Waals surface area (Å²) in [4.78, 5) is 15.8. The highest BCUT2D eigenvalue weighted by Gasteiger charge is 2.09. The van der Waals surface area contributed by atoms with Gasteiger partial charge in [0.25, 0.3) is 0 Å². The molecule has 0 radical (unpaired) electrons. The van der Waals surface area contributed by atoms with E-state index in [1.165, 1.54) is 28.8 Å². The van der Waals surface area contributed by atoms with Gasteiger partial charge in [-0.15, -0.1) is 0 Å². The Labute approximate surface area is 185 Å². The number of pyridine rings is 1. The van der Waals surface area contributed by atoms with E-state index in [9.17, 15) is 4.39 Å². The van der Waals surface area contributed by atoms with Gasteiger partial charge in [0.05, 0.1) is 6.20 Å². The van der Waals surface area contributed by atoms with Crippen LogP contribution in [0.15, 0.2) is 48.9 Å². The number of nitrogens with one attached hydrogen (secondary N) is 3. The number of benzene rings is 1. The molecule has 0 amide bonds. The smallest absolute Gasteiger partial charge is 0.164 e. The fourth-order valence-electron chi connectivity index (χ4n) is 3.37. The van der Waals surface area contributed by atoms with E-state index in [0.717, 1.165) is 24.7 Å². The molecule has 0 saturated heterocycles. The van der Waals surface area contributed by atoms with Crippen molar-refractivity contribution in [3.05, 3.63) is 71.0 Å². The van der Waals surface area contributed by atoms with E-state index in [-0.39, 0.29) is 5.15 Å². The van der Waals surface area contributed by atoms with Gasteiger partial charge in [-0.25, -0.2) is 14.4 Å². The average Bonchev–Trinajstić information content (AvgIpc) is 3.14. The lowest BCUT2D eigenvalue weighted by Gasteiger charge is -2.09. The normalized spacial score (nSPS) is 11.4. The highest BCUT2D eigenvalue weighted by Crippen LogP contribution is 2.22. The van der Waals surface area contributed by atoms with Crippen molar-refractivity contribution in [2.75, 3.05) is 11.9 Å². The molecule has 0 aliphatic carbocycles. The maximum Gasteiger partial charge on any atom is 0.164 e. The molecule has 0 fully saturated rings. The van der Waals surface area contributed by atoms with Crippen molar-refractivity contribution in [1.82, 2.24) is 25.3 Å². The molecule has 3 N–H and O–H groups in total. The Morgan fingerprint density at radius 1 is 1.13 bits per heavy atom. The Morgan fingerprint density at radius 2 is 2.00 bits per heavy atom. The van der Waals surface area contributed by atoms with Crippen LogP contribution in [0, 0.1) is 5.82 Å². The number of halogens is 2. The molecule has 0 aliphatic heterocycles. The summed E-state index contributed by atoms with van der Waals surface area (Å²) in [5, 5.41) is 8.22. The van der Waals surface area contributed by atoms with Crippen molar-refractivity contribution in [3.63, 3.8) is 0 Å². The van der Waals surface area contributed by atoms with Crippen molar-refractivity contribution in [1.29, 1.82) is 0 Å². The monoisotopic (exact) mass is 438 g/mol. The van der Waals surface area contributed by atoms with E-state index in [4.69, 9.17) is 11.6 Å². The summed E-state index contributed by atoms with van der Waals surface area (Å²) in [5.41, 5.74) is 4.08. The number of H-pyrrole nitrogens is 1. The third-order valence-electron chi connectivity index (χ3n) is 4.90. The molecular formula is C23H24ClFN6. The van der Waals surface area contributed by atoms with Crippen molar-refractivity contribution in [2.24, 2.45) is 0 Å². The van der Waals surface area contributed by atoms with Crippen LogP contribution in [0.25, 0.3) is 22.3 Å². The van der Waals surface area contributed by atoms with Gasteiger partial charge in [0.15, 0.2) is 5.82 Å². The first-order chi connectivity index (χ1) is 15.0. The highest BCUT2D eigenvalue weighted by atomic mass is 35.5. The topological polar surface area (TPSA) is 78.5 Å². The maximum atomic E-state index is 13.5. The molecule has 4 aromatic rings. The van der Waals surface area contributed by atoms with Crippen molar-refractivity contribution < 1.29 is 4.39 Å². The lowest BCUT2D eigenvalue weighted by molar-refractivity contribution is 0.589. The molecule has 31 heavy (non-hydrogen) atoms. The van der Waals surface area contributed by atoms with Crippen LogP contribution in [0.3, 0.4) is 0 Å². The van der Waals surface area contributed by atoms with Gasteiger partial charge in [-0.3, -0.25) is 4.98 Å². The van der Waals surface area contributed by atoms with E-state index >= 15 is 0 Å². The molecule has 0 spiro atoms. The zero-order chi connectivity index (χ0) is 21.8. The zero-order valence-electron chi connectivity index (χ0n) is 17.4. The van der Waals surface area contributed by atoms with Crippen molar-refractivity contribution >= 4 is 28.3 Å². The third kappa shape index (κ3) is 5.37. The molecule has 6 nitrogen and oxygen atoms in total. The number of hydrogen-bond acceptors (Lipinski definition) is 5. The highest BCUT2D eigenvalue weighted by molar-refractivity contribution is 6.29. The van der Waals surface area contributed by atoms with Gasteiger partial charge in [-0.1, -0.05) is 37.6 Å². The number of hydrogen-bond donors (Lipinski definition) is 3. The fourth-order valence-corrected chi connectivity index (χ4v) is 3.55. The molecule has 0 bridgehead atoms. The Morgan fingerprint density at radius 3 is 2.81 bits per heavy atom. The Hall–Kier alpha value is -3.03. The number of rotatable bonds is 8. The molecule has 1 aromatic carbocycles. The van der Waals surface area contributed by atoms with Gasteiger partial charge >= 0.3 is 0 Å². The van der Waals surface area contributed by atoms with Gasteiger partial charge in [-0.05, 0) is 29.7 Å². The van der Waals surface area contributed by atoms with E-state index in [2.05, 4.69) is 62.6 Å². The molecule has 0 saturated carbocycles. The lowest BCUT2D eigenvalue weighted by atomic mass is 10.1. The Balaban J connectivity index is 1.43. The van der Waals surface area contributed by atoms with Crippen LogP contribution in [0.4, 0.5) is 10.2 Å². The molecule has 4 rings (SSSR count). The number of aromatic amines is 1. The van der Waals surface area contributed by atoms with E-state index in [1.807, 2.05) is 6.20 Å². The summed E-state index contributed by atoms with van der Waals surface area (Å²) in [5.74, 6) is 0.468. The molecular weight excluding hydrogens is 415 g/mol. The second kappa shape index (κ2) is 9.41. The number of anilines is 1. The van der Waals surface area contributed by atoms with Gasteiger partial charge in [0, 0.05) is 54.1 Å². The first-order valence-corrected chi connectivity index (χ1v) is 10.6. The van der Waals surface area contributed by atoms with Crippen molar-refractivity contribution in [3.8, 4) is 11.4 Å². The van der Waals surface area contributed by atoms with Crippen LogP contribution in [-0.4, -0.2) is 32.5 Å². The summed E-state index contributed by atoms with van der Waals surface area (Å²) < 4.78 is 13.5. The van der Waals surface area contributed by atoms with E-state index in [1.54, 1.807) is 6.07 Å². The predicted octanol–water partition coefficient (Wildman–Crippen LogP) is 4.97. The molecule has 3 aromatic heterocycles. The van der Waals surface area contributed by atoms with Gasteiger partial charge in [0.1, 0.15) is 16.8 Å². The predicted molar refractivity (Wildman–Crippen MR) is 123 cm³/mol. The third-order valence-corrected chi connectivity index (χ3v) is 5.10.